The third-order valence-electron chi connectivity index (χ3n) is 2.33. The first kappa shape index (κ1) is 13.8. The molecule has 0 amide bonds. The molecular weight excluding hydrogens is 246 g/mol. The SMILES string of the molecule is Cc1ccc2ccccc2[n+]1C.[O-][Cl+3]([O-])([O-])[O-]. The average molecular weight is 258 g/mol. The van der Waals surface area contributed by atoms with Crippen molar-refractivity contribution in [2.45, 2.75) is 6.92 Å². The van der Waals surface area contributed by atoms with E-state index in [2.05, 4.69) is 54.9 Å². The lowest BCUT2D eigenvalue weighted by Crippen LogP contribution is -2.68. The summed E-state index contributed by atoms with van der Waals surface area (Å²) in [6.07, 6.45) is 0. The molecule has 0 N–H and O–H groups in total. The molecule has 1 aromatic carbocycles. The molecule has 0 saturated carbocycles. The van der Waals surface area contributed by atoms with Crippen LogP contribution in [0.3, 0.4) is 0 Å². The highest BCUT2D eigenvalue weighted by Crippen LogP contribution is 2.08. The standard InChI is InChI=1S/C11H12N.ClHO4/c1-9-7-8-10-5-3-4-6-11(10)12(9)2;2-1(3,4)5/h3-8H,1-2H3;(H,2,3,4,5)/q+1;/p-1. The third-order valence-corrected chi connectivity index (χ3v) is 2.33. The van der Waals surface area contributed by atoms with Crippen LogP contribution < -0.4 is 23.2 Å². The van der Waals surface area contributed by atoms with E-state index in [0.717, 1.165) is 0 Å². The molecule has 0 bridgehead atoms. The van der Waals surface area contributed by atoms with Gasteiger partial charge in [-0.25, -0.2) is 18.6 Å². The Hall–Kier alpha value is -1.24. The molecule has 92 valence electrons. The van der Waals surface area contributed by atoms with Gasteiger partial charge >= 0.3 is 0 Å². The van der Waals surface area contributed by atoms with Gasteiger partial charge in [0.25, 0.3) is 0 Å². The van der Waals surface area contributed by atoms with Crippen molar-refractivity contribution in [3.63, 3.8) is 0 Å². The van der Waals surface area contributed by atoms with Crippen LogP contribution >= 0.6 is 0 Å². The lowest BCUT2D eigenvalue weighted by molar-refractivity contribution is -2.00. The normalized spacial score (nSPS) is 10.9. The van der Waals surface area contributed by atoms with Crippen LogP contribution in [0.2, 0.25) is 0 Å². The molecule has 1 aromatic heterocycles. The fourth-order valence-electron chi connectivity index (χ4n) is 1.45. The van der Waals surface area contributed by atoms with Crippen molar-refractivity contribution in [2.75, 3.05) is 0 Å². The van der Waals surface area contributed by atoms with Crippen molar-refractivity contribution < 1.29 is 33.4 Å². The average Bonchev–Trinajstić information content (AvgIpc) is 2.22. The molecule has 6 heteroatoms. The first-order valence-corrected chi connectivity index (χ1v) is 5.98. The molecule has 0 atom stereocenters. The van der Waals surface area contributed by atoms with Crippen LogP contribution in [0.1, 0.15) is 5.69 Å². The van der Waals surface area contributed by atoms with Crippen LogP contribution in [-0.2, 0) is 7.05 Å². The van der Waals surface area contributed by atoms with E-state index in [1.165, 1.54) is 16.6 Å². The number of aryl methyl sites for hydroxylation is 2. The van der Waals surface area contributed by atoms with E-state index in [4.69, 9.17) is 18.6 Å². The summed E-state index contributed by atoms with van der Waals surface area (Å²) in [6.45, 7) is 2.12. The summed E-state index contributed by atoms with van der Waals surface area (Å²) >= 11 is 0. The molecule has 2 rings (SSSR count). The minimum absolute atomic E-state index is 1.29. The van der Waals surface area contributed by atoms with E-state index in [0.29, 0.717) is 0 Å². The number of pyridine rings is 1. The van der Waals surface area contributed by atoms with Crippen molar-refractivity contribution in [3.8, 4) is 0 Å². The van der Waals surface area contributed by atoms with Crippen LogP contribution in [0.25, 0.3) is 10.9 Å². The van der Waals surface area contributed by atoms with E-state index >= 15 is 0 Å². The molecule has 2 aromatic rings. The predicted molar refractivity (Wildman–Crippen MR) is 49.9 cm³/mol. The summed E-state index contributed by atoms with van der Waals surface area (Å²) in [7, 11) is -2.85. The van der Waals surface area contributed by atoms with Crippen LogP contribution in [0.15, 0.2) is 36.4 Å². The molecule has 0 aliphatic heterocycles. The summed E-state index contributed by atoms with van der Waals surface area (Å²) in [5.41, 5.74) is 2.58. The van der Waals surface area contributed by atoms with Gasteiger partial charge < -0.3 is 0 Å². The Bertz CT molecular complexity index is 504. The van der Waals surface area contributed by atoms with Crippen molar-refractivity contribution in [2.24, 2.45) is 7.05 Å². The van der Waals surface area contributed by atoms with Gasteiger partial charge in [0, 0.05) is 24.4 Å². The highest BCUT2D eigenvalue weighted by Gasteiger charge is 2.05. The lowest BCUT2D eigenvalue weighted by atomic mass is 10.2. The lowest BCUT2D eigenvalue weighted by Gasteiger charge is -2.17. The first-order valence-electron chi connectivity index (χ1n) is 4.75. The molecule has 0 radical (unpaired) electrons. The Morgan fingerprint density at radius 1 is 0.941 bits per heavy atom. The third kappa shape index (κ3) is 4.64. The topological polar surface area (TPSA) is 96.1 Å². The second-order valence-electron chi connectivity index (χ2n) is 3.47. The van der Waals surface area contributed by atoms with Crippen molar-refractivity contribution >= 4 is 10.9 Å². The molecule has 0 aliphatic rings. The number of halogens is 1. The maximum atomic E-state index is 8.49. The van der Waals surface area contributed by atoms with E-state index in [1.54, 1.807) is 0 Å². The monoisotopic (exact) mass is 257 g/mol. The Morgan fingerprint density at radius 3 is 2.06 bits per heavy atom. The molecule has 0 saturated heterocycles. The minimum Gasteiger partial charge on any atom is -0.222 e. The summed E-state index contributed by atoms with van der Waals surface area (Å²) in [5, 5.41) is 1.30. The Balaban J connectivity index is 0.000000249. The molecular formula is C11H12ClNO4. The fraction of sp³-hybridized carbons (Fsp3) is 0.182. The Kier molecular flexibility index (Phi) is 4.39. The number of fused-ring (bicyclic) bond motifs is 1. The minimum atomic E-state index is -4.94. The van der Waals surface area contributed by atoms with E-state index in [9.17, 15) is 0 Å². The quantitative estimate of drug-likeness (QED) is 0.477. The number of nitrogens with zero attached hydrogens (tertiary/aromatic N) is 1. The zero-order valence-corrected chi connectivity index (χ0v) is 10.2. The van der Waals surface area contributed by atoms with Gasteiger partial charge in [0.05, 0.1) is 0 Å². The number of hydrogen-bond acceptors (Lipinski definition) is 4. The number of benzene rings is 1. The summed E-state index contributed by atoms with van der Waals surface area (Å²) in [6, 6.07) is 12.7. The van der Waals surface area contributed by atoms with Crippen LogP contribution in [0, 0.1) is 17.2 Å². The second-order valence-corrected chi connectivity index (χ2v) is 4.23. The Labute approximate surface area is 101 Å². The van der Waals surface area contributed by atoms with Gasteiger partial charge in [0.15, 0.2) is 5.69 Å². The molecule has 0 fully saturated rings. The second kappa shape index (κ2) is 5.39. The molecule has 1 heterocycles. The van der Waals surface area contributed by atoms with Gasteiger partial charge in [-0.1, -0.05) is 12.1 Å². The van der Waals surface area contributed by atoms with Crippen LogP contribution in [-0.4, -0.2) is 0 Å². The zero-order chi connectivity index (χ0) is 13.1. The van der Waals surface area contributed by atoms with Crippen molar-refractivity contribution in [3.05, 3.63) is 42.1 Å². The van der Waals surface area contributed by atoms with Crippen molar-refractivity contribution in [1.29, 1.82) is 0 Å². The number of para-hydroxylation sites is 1. The van der Waals surface area contributed by atoms with E-state index in [-0.39, 0.29) is 0 Å². The summed E-state index contributed by atoms with van der Waals surface area (Å²) in [5.74, 6) is 0. The van der Waals surface area contributed by atoms with Crippen LogP contribution in [0.4, 0.5) is 0 Å². The highest BCUT2D eigenvalue weighted by atomic mass is 35.7. The molecule has 5 nitrogen and oxygen atoms in total. The smallest absolute Gasteiger partial charge is 0.212 e. The predicted octanol–water partition coefficient (Wildman–Crippen LogP) is -2.78. The maximum absolute atomic E-state index is 8.49. The largest absolute Gasteiger partial charge is 0.222 e. The highest BCUT2D eigenvalue weighted by molar-refractivity contribution is 5.75. The summed E-state index contributed by atoms with van der Waals surface area (Å²) in [4.78, 5) is 0. The zero-order valence-electron chi connectivity index (χ0n) is 9.42. The summed E-state index contributed by atoms with van der Waals surface area (Å²) < 4.78 is 36.2. The maximum Gasteiger partial charge on any atom is 0.212 e. The van der Waals surface area contributed by atoms with Crippen LogP contribution in [0.5, 0.6) is 0 Å². The van der Waals surface area contributed by atoms with Gasteiger partial charge in [-0.15, -0.1) is 10.2 Å². The fourth-order valence-corrected chi connectivity index (χ4v) is 1.45. The molecule has 0 aliphatic carbocycles. The number of aromatic nitrogens is 1. The van der Waals surface area contributed by atoms with Gasteiger partial charge in [-0.3, -0.25) is 0 Å². The number of rotatable bonds is 0. The van der Waals surface area contributed by atoms with E-state index < -0.39 is 10.2 Å². The molecule has 17 heavy (non-hydrogen) atoms. The molecule has 0 spiro atoms. The first-order chi connectivity index (χ1) is 7.79. The van der Waals surface area contributed by atoms with Gasteiger partial charge in [0.1, 0.15) is 7.05 Å². The van der Waals surface area contributed by atoms with E-state index in [1.807, 2.05) is 0 Å². The van der Waals surface area contributed by atoms with Gasteiger partial charge in [0.2, 0.25) is 5.52 Å². The van der Waals surface area contributed by atoms with Gasteiger partial charge in [-0.2, -0.15) is 4.57 Å². The van der Waals surface area contributed by atoms with Gasteiger partial charge in [-0.05, 0) is 12.1 Å². The molecule has 0 unspecified atom stereocenters. The Morgan fingerprint density at radius 2 is 1.47 bits per heavy atom. The van der Waals surface area contributed by atoms with Crippen molar-refractivity contribution in [1.82, 2.24) is 0 Å². The number of hydrogen-bond donors (Lipinski definition) is 0.